The molecular weight excluding hydrogens is 179 g/mol. The van der Waals surface area contributed by atoms with Crippen LogP contribution in [0.15, 0.2) is 17.0 Å². The van der Waals surface area contributed by atoms with Gasteiger partial charge in [0.15, 0.2) is 11.1 Å². The van der Waals surface area contributed by atoms with Crippen molar-refractivity contribution < 1.29 is 13.2 Å². The fraction of sp³-hybridized carbons (Fsp3) is 0.250. The minimum atomic E-state index is -2.23. The first kappa shape index (κ1) is 9.35. The SMILES string of the molecule is Cc1cc(F)c(S(=O)O)cc1C. The van der Waals surface area contributed by atoms with Crippen molar-refractivity contribution in [1.82, 2.24) is 0 Å². The van der Waals surface area contributed by atoms with Crippen LogP contribution in [-0.2, 0) is 11.1 Å². The highest BCUT2D eigenvalue weighted by Gasteiger charge is 2.09. The summed E-state index contributed by atoms with van der Waals surface area (Å²) in [6.07, 6.45) is 0. The van der Waals surface area contributed by atoms with Crippen molar-refractivity contribution in [3.8, 4) is 0 Å². The van der Waals surface area contributed by atoms with Crippen LogP contribution < -0.4 is 0 Å². The van der Waals surface area contributed by atoms with Crippen LogP contribution in [0.3, 0.4) is 0 Å². The lowest BCUT2D eigenvalue weighted by Gasteiger charge is -2.02. The number of rotatable bonds is 1. The third-order valence-electron chi connectivity index (χ3n) is 1.74. The highest BCUT2D eigenvalue weighted by molar-refractivity contribution is 7.79. The van der Waals surface area contributed by atoms with Crippen molar-refractivity contribution >= 4 is 11.1 Å². The summed E-state index contributed by atoms with van der Waals surface area (Å²) in [6.45, 7) is 3.52. The zero-order chi connectivity index (χ0) is 9.30. The van der Waals surface area contributed by atoms with Gasteiger partial charge >= 0.3 is 0 Å². The van der Waals surface area contributed by atoms with Gasteiger partial charge in [0, 0.05) is 0 Å². The normalized spacial score (nSPS) is 13.0. The third-order valence-corrected chi connectivity index (χ3v) is 2.43. The van der Waals surface area contributed by atoms with Gasteiger partial charge in [-0.3, -0.25) is 0 Å². The quantitative estimate of drug-likeness (QED) is 0.684. The van der Waals surface area contributed by atoms with Crippen LogP contribution >= 0.6 is 0 Å². The Bertz CT molecular complexity index is 336. The Hall–Kier alpha value is -0.740. The van der Waals surface area contributed by atoms with Gasteiger partial charge in [0.2, 0.25) is 0 Å². The van der Waals surface area contributed by atoms with E-state index in [-0.39, 0.29) is 4.90 Å². The van der Waals surface area contributed by atoms with E-state index < -0.39 is 16.9 Å². The molecule has 0 saturated heterocycles. The average Bonchev–Trinajstić information content (AvgIpc) is 1.96. The molecule has 0 aliphatic rings. The molecule has 1 N–H and O–H groups in total. The highest BCUT2D eigenvalue weighted by Crippen LogP contribution is 2.16. The molecule has 12 heavy (non-hydrogen) atoms. The molecule has 1 atom stereocenters. The summed E-state index contributed by atoms with van der Waals surface area (Å²) in [4.78, 5) is -0.155. The maximum absolute atomic E-state index is 12.9. The van der Waals surface area contributed by atoms with Crippen LogP contribution in [0.5, 0.6) is 0 Å². The van der Waals surface area contributed by atoms with Gasteiger partial charge < -0.3 is 4.55 Å². The zero-order valence-corrected chi connectivity index (χ0v) is 7.61. The van der Waals surface area contributed by atoms with Crippen molar-refractivity contribution in [3.05, 3.63) is 29.1 Å². The second-order valence-electron chi connectivity index (χ2n) is 2.62. The van der Waals surface area contributed by atoms with E-state index in [0.717, 1.165) is 11.1 Å². The molecule has 66 valence electrons. The molecule has 0 heterocycles. The number of hydrogen-bond acceptors (Lipinski definition) is 1. The first-order chi connectivity index (χ1) is 5.52. The molecule has 0 aromatic heterocycles. The number of benzene rings is 1. The second-order valence-corrected chi connectivity index (χ2v) is 3.55. The van der Waals surface area contributed by atoms with Gasteiger partial charge in [0.1, 0.15) is 10.7 Å². The van der Waals surface area contributed by atoms with Crippen LogP contribution in [0.4, 0.5) is 4.39 Å². The first-order valence-corrected chi connectivity index (χ1v) is 4.50. The Kier molecular flexibility index (Phi) is 2.59. The highest BCUT2D eigenvalue weighted by atomic mass is 32.2. The summed E-state index contributed by atoms with van der Waals surface area (Å²) in [5, 5.41) is 0. The van der Waals surface area contributed by atoms with E-state index in [1.807, 2.05) is 0 Å². The summed E-state index contributed by atoms with van der Waals surface area (Å²) in [5.41, 5.74) is 1.59. The maximum Gasteiger partial charge on any atom is 0.189 e. The van der Waals surface area contributed by atoms with E-state index in [1.165, 1.54) is 12.1 Å². The van der Waals surface area contributed by atoms with Crippen molar-refractivity contribution in [2.24, 2.45) is 0 Å². The zero-order valence-electron chi connectivity index (χ0n) is 6.80. The van der Waals surface area contributed by atoms with E-state index in [4.69, 9.17) is 4.55 Å². The van der Waals surface area contributed by atoms with E-state index in [2.05, 4.69) is 0 Å². The van der Waals surface area contributed by atoms with E-state index in [0.29, 0.717) is 0 Å². The maximum atomic E-state index is 12.9. The molecule has 1 rings (SSSR count). The van der Waals surface area contributed by atoms with Gasteiger partial charge in [-0.15, -0.1) is 0 Å². The molecule has 4 heteroatoms. The lowest BCUT2D eigenvalue weighted by molar-refractivity contribution is 0.543. The van der Waals surface area contributed by atoms with Crippen LogP contribution in [0.25, 0.3) is 0 Å². The standard InChI is InChI=1S/C8H9FO2S/c1-5-3-7(9)8(12(10)11)4-6(5)2/h3-4H,1-2H3,(H,10,11). The van der Waals surface area contributed by atoms with Crippen LogP contribution in [0.2, 0.25) is 0 Å². The predicted molar refractivity (Wildman–Crippen MR) is 44.9 cm³/mol. The Morgan fingerprint density at radius 2 is 1.83 bits per heavy atom. The topological polar surface area (TPSA) is 37.3 Å². The van der Waals surface area contributed by atoms with Gasteiger partial charge in [-0.2, -0.15) is 0 Å². The number of hydrogen-bond donors (Lipinski definition) is 1. The van der Waals surface area contributed by atoms with E-state index in [9.17, 15) is 8.60 Å². The average molecular weight is 188 g/mol. The number of aryl methyl sites for hydroxylation is 2. The summed E-state index contributed by atoms with van der Waals surface area (Å²) in [6, 6.07) is 2.65. The van der Waals surface area contributed by atoms with Gasteiger partial charge in [0.25, 0.3) is 0 Å². The Balaban J connectivity index is 3.33. The van der Waals surface area contributed by atoms with Crippen LogP contribution in [0.1, 0.15) is 11.1 Å². The lowest BCUT2D eigenvalue weighted by atomic mass is 10.1. The molecule has 2 nitrogen and oxygen atoms in total. The molecule has 0 saturated carbocycles. The molecule has 0 bridgehead atoms. The fourth-order valence-corrected chi connectivity index (χ4v) is 1.39. The molecule has 1 aromatic carbocycles. The summed E-state index contributed by atoms with van der Waals surface area (Å²) in [5.74, 6) is -0.626. The molecule has 1 aromatic rings. The second kappa shape index (κ2) is 3.33. The largest absolute Gasteiger partial charge is 0.302 e. The van der Waals surface area contributed by atoms with Crippen molar-refractivity contribution in [1.29, 1.82) is 0 Å². The Labute approximate surface area is 72.7 Å². The fourth-order valence-electron chi connectivity index (χ4n) is 0.888. The van der Waals surface area contributed by atoms with Crippen LogP contribution in [0, 0.1) is 19.7 Å². The van der Waals surface area contributed by atoms with Crippen LogP contribution in [-0.4, -0.2) is 8.76 Å². The monoisotopic (exact) mass is 188 g/mol. The smallest absolute Gasteiger partial charge is 0.189 e. The van der Waals surface area contributed by atoms with Gasteiger partial charge in [-0.25, -0.2) is 8.60 Å². The number of halogens is 1. The van der Waals surface area contributed by atoms with Gasteiger partial charge in [0.05, 0.1) is 0 Å². The summed E-state index contributed by atoms with van der Waals surface area (Å²) < 4.78 is 32.1. The first-order valence-electron chi connectivity index (χ1n) is 3.40. The molecule has 1 unspecified atom stereocenters. The molecule has 0 aliphatic heterocycles. The molecular formula is C8H9FO2S. The minimum absolute atomic E-state index is 0.155. The van der Waals surface area contributed by atoms with Crippen molar-refractivity contribution in [3.63, 3.8) is 0 Å². The Morgan fingerprint density at radius 3 is 2.33 bits per heavy atom. The molecule has 0 fully saturated rings. The third kappa shape index (κ3) is 1.70. The lowest BCUT2D eigenvalue weighted by Crippen LogP contribution is -1.95. The van der Waals surface area contributed by atoms with Crippen molar-refractivity contribution in [2.45, 2.75) is 18.7 Å². The predicted octanol–water partition coefficient (Wildman–Crippen LogP) is 2.02. The van der Waals surface area contributed by atoms with E-state index >= 15 is 0 Å². The molecule has 0 amide bonds. The summed E-state index contributed by atoms with van der Waals surface area (Å²) in [7, 11) is 0. The molecule has 0 spiro atoms. The molecule has 0 aliphatic carbocycles. The van der Waals surface area contributed by atoms with Crippen molar-refractivity contribution in [2.75, 3.05) is 0 Å². The minimum Gasteiger partial charge on any atom is -0.302 e. The van der Waals surface area contributed by atoms with Gasteiger partial charge in [-0.1, -0.05) is 0 Å². The van der Waals surface area contributed by atoms with Gasteiger partial charge in [-0.05, 0) is 37.1 Å². The summed E-state index contributed by atoms with van der Waals surface area (Å²) >= 11 is -2.23. The molecule has 0 radical (unpaired) electrons. The van der Waals surface area contributed by atoms with E-state index in [1.54, 1.807) is 13.8 Å². The Morgan fingerprint density at radius 1 is 1.33 bits per heavy atom.